The lowest BCUT2D eigenvalue weighted by molar-refractivity contribution is 0.0696. The lowest BCUT2D eigenvalue weighted by atomic mass is 10.2. The van der Waals surface area contributed by atoms with Crippen molar-refractivity contribution in [1.29, 1.82) is 0 Å². The third kappa shape index (κ3) is 2.81. The number of hydrogen-bond donors (Lipinski definition) is 1. The average Bonchev–Trinajstić information content (AvgIpc) is 2.74. The maximum absolute atomic E-state index is 12.3. The average molecular weight is 317 g/mol. The molecule has 0 fully saturated rings. The van der Waals surface area contributed by atoms with Crippen LogP contribution in [0.25, 0.3) is 0 Å². The molecule has 106 valence electrons. The molecule has 1 aromatic heterocycles. The summed E-state index contributed by atoms with van der Waals surface area (Å²) in [5.41, 5.74) is 0.337. The normalized spacial score (nSPS) is 11.5. The van der Waals surface area contributed by atoms with E-state index in [2.05, 4.69) is 14.9 Å². The number of benzene rings is 1. The molecule has 2 rings (SSSR count). The van der Waals surface area contributed by atoms with E-state index in [9.17, 15) is 13.2 Å². The Balaban J connectivity index is 2.46. The second kappa shape index (κ2) is 5.22. The van der Waals surface area contributed by atoms with Crippen LogP contribution in [0.2, 0.25) is 5.02 Å². The fourth-order valence-electron chi connectivity index (χ4n) is 1.51. The van der Waals surface area contributed by atoms with Crippen LogP contribution in [0.15, 0.2) is 27.7 Å². The fourth-order valence-corrected chi connectivity index (χ4v) is 3.43. The first-order valence-electron chi connectivity index (χ1n) is 5.35. The molecule has 9 heteroatoms. The highest BCUT2D eigenvalue weighted by atomic mass is 35.5. The standard InChI is InChI=1S/C11H9ClN2O5S/c1-6-9(14-19-13-6)5-20(17,18)10-4-7(11(15)16)2-3-8(10)12/h2-4H,5H2,1H3,(H,15,16). The molecule has 0 unspecified atom stereocenters. The first-order chi connectivity index (χ1) is 9.31. The summed E-state index contributed by atoms with van der Waals surface area (Å²) < 4.78 is 28.9. The Morgan fingerprint density at radius 2 is 2.10 bits per heavy atom. The van der Waals surface area contributed by atoms with Crippen molar-refractivity contribution >= 4 is 27.4 Å². The number of sulfone groups is 1. The molecule has 1 heterocycles. The lowest BCUT2D eigenvalue weighted by Crippen LogP contribution is -2.08. The van der Waals surface area contributed by atoms with Gasteiger partial charge >= 0.3 is 5.97 Å². The molecule has 0 radical (unpaired) electrons. The van der Waals surface area contributed by atoms with E-state index in [0.717, 1.165) is 6.07 Å². The Morgan fingerprint density at radius 3 is 2.65 bits per heavy atom. The van der Waals surface area contributed by atoms with Gasteiger partial charge in [-0.25, -0.2) is 17.8 Å². The molecule has 1 N–H and O–H groups in total. The maximum atomic E-state index is 12.3. The molecule has 0 spiro atoms. The number of carboxylic acids is 1. The minimum atomic E-state index is -3.85. The second-order valence-corrected chi connectivity index (χ2v) is 6.37. The van der Waals surface area contributed by atoms with Crippen molar-refractivity contribution in [2.45, 2.75) is 17.6 Å². The number of rotatable bonds is 4. The van der Waals surface area contributed by atoms with Gasteiger partial charge in [0.1, 0.15) is 17.1 Å². The van der Waals surface area contributed by atoms with Crippen molar-refractivity contribution in [3.63, 3.8) is 0 Å². The van der Waals surface area contributed by atoms with Gasteiger partial charge in [-0.1, -0.05) is 21.9 Å². The molecule has 0 atom stereocenters. The van der Waals surface area contributed by atoms with E-state index in [1.807, 2.05) is 0 Å². The van der Waals surface area contributed by atoms with E-state index in [0.29, 0.717) is 5.69 Å². The monoisotopic (exact) mass is 316 g/mol. The van der Waals surface area contributed by atoms with Crippen molar-refractivity contribution in [2.75, 3.05) is 0 Å². The summed E-state index contributed by atoms with van der Waals surface area (Å²) in [6, 6.07) is 3.47. The van der Waals surface area contributed by atoms with Gasteiger partial charge in [-0.3, -0.25) is 0 Å². The Hall–Kier alpha value is -1.93. The number of carboxylic acid groups (broad SMARTS) is 1. The minimum Gasteiger partial charge on any atom is -0.478 e. The Kier molecular flexibility index (Phi) is 3.78. The molecule has 7 nitrogen and oxygen atoms in total. The Morgan fingerprint density at radius 1 is 1.40 bits per heavy atom. The van der Waals surface area contributed by atoms with Crippen LogP contribution in [0.3, 0.4) is 0 Å². The summed E-state index contributed by atoms with van der Waals surface area (Å²) >= 11 is 5.83. The van der Waals surface area contributed by atoms with E-state index in [-0.39, 0.29) is 21.2 Å². The van der Waals surface area contributed by atoms with Crippen LogP contribution in [0.1, 0.15) is 21.7 Å². The summed E-state index contributed by atoms with van der Waals surface area (Å²) in [6.07, 6.45) is 0. The molecule has 2 aromatic rings. The van der Waals surface area contributed by atoms with Gasteiger partial charge in [0.15, 0.2) is 9.84 Å². The third-order valence-corrected chi connectivity index (χ3v) is 4.69. The van der Waals surface area contributed by atoms with Crippen molar-refractivity contribution < 1.29 is 22.9 Å². The molecular weight excluding hydrogens is 308 g/mol. The topological polar surface area (TPSA) is 110 Å². The third-order valence-electron chi connectivity index (χ3n) is 2.59. The Labute approximate surface area is 119 Å². The van der Waals surface area contributed by atoms with Crippen LogP contribution in [0.4, 0.5) is 0 Å². The van der Waals surface area contributed by atoms with Crippen molar-refractivity contribution in [2.24, 2.45) is 0 Å². The number of aromatic nitrogens is 2. The largest absolute Gasteiger partial charge is 0.478 e. The predicted octanol–water partition coefficient (Wildman–Crippen LogP) is 1.70. The minimum absolute atomic E-state index is 0.0518. The van der Waals surface area contributed by atoms with Crippen LogP contribution in [0.5, 0.6) is 0 Å². The van der Waals surface area contributed by atoms with Crippen LogP contribution in [-0.4, -0.2) is 29.8 Å². The number of nitrogens with zero attached hydrogens (tertiary/aromatic N) is 2. The first-order valence-corrected chi connectivity index (χ1v) is 7.38. The summed E-state index contributed by atoms with van der Waals surface area (Å²) in [5.74, 6) is -1.71. The maximum Gasteiger partial charge on any atom is 0.335 e. The van der Waals surface area contributed by atoms with Crippen molar-refractivity contribution in [3.05, 3.63) is 40.2 Å². The van der Waals surface area contributed by atoms with E-state index in [1.54, 1.807) is 6.92 Å². The number of hydrogen-bond acceptors (Lipinski definition) is 6. The summed E-state index contributed by atoms with van der Waals surface area (Å²) in [4.78, 5) is 10.6. The van der Waals surface area contributed by atoms with E-state index < -0.39 is 21.6 Å². The van der Waals surface area contributed by atoms with Crippen molar-refractivity contribution in [1.82, 2.24) is 10.3 Å². The van der Waals surface area contributed by atoms with E-state index in [1.165, 1.54) is 12.1 Å². The Bertz CT molecular complexity index is 769. The van der Waals surface area contributed by atoms with Gasteiger partial charge < -0.3 is 5.11 Å². The van der Waals surface area contributed by atoms with Crippen LogP contribution in [-0.2, 0) is 15.6 Å². The zero-order valence-corrected chi connectivity index (χ0v) is 11.8. The zero-order chi connectivity index (χ0) is 14.9. The molecule has 0 amide bonds. The molecule has 0 aliphatic carbocycles. The lowest BCUT2D eigenvalue weighted by Gasteiger charge is -2.06. The number of aryl methyl sites for hydroxylation is 1. The quantitative estimate of drug-likeness (QED) is 0.913. The summed E-state index contributed by atoms with van der Waals surface area (Å²) in [7, 11) is -3.85. The smallest absolute Gasteiger partial charge is 0.335 e. The summed E-state index contributed by atoms with van der Waals surface area (Å²) in [6.45, 7) is 1.55. The molecule has 1 aromatic carbocycles. The highest BCUT2D eigenvalue weighted by molar-refractivity contribution is 7.90. The van der Waals surface area contributed by atoms with E-state index >= 15 is 0 Å². The van der Waals surface area contributed by atoms with Crippen LogP contribution in [0, 0.1) is 6.92 Å². The molecule has 0 saturated carbocycles. The van der Waals surface area contributed by atoms with Gasteiger partial charge in [0.05, 0.1) is 15.5 Å². The molecular formula is C11H9ClN2O5S. The SMILES string of the molecule is Cc1nonc1CS(=O)(=O)c1cc(C(=O)O)ccc1Cl. The van der Waals surface area contributed by atoms with Gasteiger partial charge in [0, 0.05) is 0 Å². The molecule has 0 aliphatic heterocycles. The number of halogens is 1. The molecule has 20 heavy (non-hydrogen) atoms. The number of carbonyl (C=O) groups is 1. The molecule has 0 saturated heterocycles. The van der Waals surface area contributed by atoms with Gasteiger partial charge in [-0.2, -0.15) is 0 Å². The highest BCUT2D eigenvalue weighted by Crippen LogP contribution is 2.26. The first kappa shape index (κ1) is 14.5. The predicted molar refractivity (Wildman–Crippen MR) is 68.3 cm³/mol. The second-order valence-electron chi connectivity index (χ2n) is 4.01. The molecule has 0 bridgehead atoms. The van der Waals surface area contributed by atoms with Gasteiger partial charge in [-0.05, 0) is 25.1 Å². The van der Waals surface area contributed by atoms with Crippen molar-refractivity contribution in [3.8, 4) is 0 Å². The van der Waals surface area contributed by atoms with Gasteiger partial charge in [-0.15, -0.1) is 0 Å². The highest BCUT2D eigenvalue weighted by Gasteiger charge is 2.23. The zero-order valence-electron chi connectivity index (χ0n) is 10.2. The van der Waals surface area contributed by atoms with Crippen LogP contribution < -0.4 is 0 Å². The van der Waals surface area contributed by atoms with Gasteiger partial charge in [0.25, 0.3) is 0 Å². The summed E-state index contributed by atoms with van der Waals surface area (Å²) in [5, 5.41) is 15.8. The fraction of sp³-hybridized carbons (Fsp3) is 0.182. The number of aromatic carboxylic acids is 1. The van der Waals surface area contributed by atoms with Gasteiger partial charge in [0.2, 0.25) is 0 Å². The van der Waals surface area contributed by atoms with E-state index in [4.69, 9.17) is 16.7 Å². The molecule has 0 aliphatic rings. The van der Waals surface area contributed by atoms with Crippen LogP contribution >= 0.6 is 11.6 Å².